The SMILES string of the molecule is Cc1ccccc1Nc1nc(N)nc(CN2C(=O)N[C@@]3(CCCc4sccc43)C2=O)n1. The number of rotatable bonds is 4. The van der Waals surface area contributed by atoms with Gasteiger partial charge in [-0.1, -0.05) is 18.2 Å². The Bertz CT molecular complexity index is 1190. The van der Waals surface area contributed by atoms with Crippen LogP contribution in [-0.2, 0) is 23.3 Å². The van der Waals surface area contributed by atoms with Crippen molar-refractivity contribution in [1.82, 2.24) is 25.2 Å². The molecule has 1 spiro atoms. The zero-order chi connectivity index (χ0) is 21.6. The standard InChI is InChI=1S/C21H21N7O2S/c1-12-5-2-3-6-14(12)23-19-25-16(24-18(22)26-19)11-28-17(29)21(27-20(28)30)9-4-7-15-13(21)8-10-31-15/h2-3,5-6,8,10H,4,7,9,11H2,1H3,(H,27,30)(H3,22,23,24,25,26)/t21-/m1/s1. The molecule has 31 heavy (non-hydrogen) atoms. The molecule has 1 saturated heterocycles. The van der Waals surface area contributed by atoms with E-state index >= 15 is 0 Å². The summed E-state index contributed by atoms with van der Waals surface area (Å²) in [7, 11) is 0. The van der Waals surface area contributed by atoms with Crippen molar-refractivity contribution >= 4 is 40.9 Å². The maximum Gasteiger partial charge on any atom is 0.325 e. The average molecular weight is 436 g/mol. The maximum absolute atomic E-state index is 13.4. The lowest BCUT2D eigenvalue weighted by Gasteiger charge is -2.31. The first kappa shape index (κ1) is 19.4. The van der Waals surface area contributed by atoms with Gasteiger partial charge in [-0.15, -0.1) is 11.3 Å². The summed E-state index contributed by atoms with van der Waals surface area (Å²) in [5.41, 5.74) is 7.64. The Morgan fingerprint density at radius 1 is 1.23 bits per heavy atom. The zero-order valence-corrected chi connectivity index (χ0v) is 17.7. The molecule has 1 atom stereocenters. The van der Waals surface area contributed by atoms with Crippen LogP contribution < -0.4 is 16.4 Å². The Morgan fingerprint density at radius 3 is 2.90 bits per heavy atom. The molecule has 0 saturated carbocycles. The largest absolute Gasteiger partial charge is 0.368 e. The van der Waals surface area contributed by atoms with Gasteiger partial charge >= 0.3 is 6.03 Å². The number of carbonyl (C=O) groups excluding carboxylic acids is 2. The third kappa shape index (κ3) is 3.28. The van der Waals surface area contributed by atoms with Gasteiger partial charge in [-0.05, 0) is 49.3 Å². The number of nitrogens with one attached hydrogen (secondary N) is 2. The summed E-state index contributed by atoms with van der Waals surface area (Å²) in [6.45, 7) is 1.88. The predicted molar refractivity (Wildman–Crippen MR) is 117 cm³/mol. The number of para-hydroxylation sites is 1. The number of urea groups is 1. The fraction of sp³-hybridized carbons (Fsp3) is 0.286. The fourth-order valence-corrected chi connectivity index (χ4v) is 5.22. The van der Waals surface area contributed by atoms with Gasteiger partial charge in [-0.3, -0.25) is 9.69 Å². The summed E-state index contributed by atoms with van der Waals surface area (Å²) in [4.78, 5) is 41.1. The van der Waals surface area contributed by atoms with Crippen molar-refractivity contribution in [2.45, 2.75) is 38.3 Å². The molecular weight excluding hydrogens is 414 g/mol. The van der Waals surface area contributed by atoms with Crippen LogP contribution in [0, 0.1) is 6.92 Å². The van der Waals surface area contributed by atoms with E-state index in [4.69, 9.17) is 5.73 Å². The number of amides is 3. The molecule has 158 valence electrons. The smallest absolute Gasteiger partial charge is 0.325 e. The summed E-state index contributed by atoms with van der Waals surface area (Å²) in [5, 5.41) is 8.02. The van der Waals surface area contributed by atoms with Gasteiger partial charge in [0.2, 0.25) is 11.9 Å². The van der Waals surface area contributed by atoms with E-state index in [1.165, 1.54) is 4.90 Å². The summed E-state index contributed by atoms with van der Waals surface area (Å²) in [5.74, 6) is 0.242. The number of aryl methyl sites for hydroxylation is 2. The van der Waals surface area contributed by atoms with Crippen LogP contribution in [0.1, 0.15) is 34.7 Å². The molecular formula is C21H21N7O2S. The highest BCUT2D eigenvalue weighted by Crippen LogP contribution is 2.42. The molecule has 3 heterocycles. The molecule has 5 rings (SSSR count). The predicted octanol–water partition coefficient (Wildman–Crippen LogP) is 2.85. The van der Waals surface area contributed by atoms with Crippen molar-refractivity contribution in [2.75, 3.05) is 11.1 Å². The second kappa shape index (κ2) is 7.31. The van der Waals surface area contributed by atoms with Crippen molar-refractivity contribution in [3.05, 3.63) is 57.5 Å². The number of aromatic nitrogens is 3. The van der Waals surface area contributed by atoms with Gasteiger partial charge < -0.3 is 16.4 Å². The number of anilines is 3. The molecule has 3 aromatic rings. The van der Waals surface area contributed by atoms with Crippen molar-refractivity contribution in [2.24, 2.45) is 0 Å². The van der Waals surface area contributed by atoms with Crippen LogP contribution in [0.4, 0.5) is 22.4 Å². The highest BCUT2D eigenvalue weighted by atomic mass is 32.1. The molecule has 1 fully saturated rings. The number of benzene rings is 1. The molecule has 1 aliphatic carbocycles. The molecule has 3 amide bonds. The van der Waals surface area contributed by atoms with Gasteiger partial charge in [0.15, 0.2) is 5.82 Å². The molecule has 10 heteroatoms. The molecule has 0 bridgehead atoms. The minimum absolute atomic E-state index is 0.0145. The Labute approximate surface area is 182 Å². The van der Waals surface area contributed by atoms with E-state index < -0.39 is 11.6 Å². The van der Waals surface area contributed by atoms with E-state index in [9.17, 15) is 9.59 Å². The quantitative estimate of drug-likeness (QED) is 0.538. The first-order valence-electron chi connectivity index (χ1n) is 10.0. The molecule has 1 aromatic carbocycles. The van der Waals surface area contributed by atoms with E-state index in [2.05, 4.69) is 25.6 Å². The van der Waals surface area contributed by atoms with Crippen molar-refractivity contribution in [3.8, 4) is 0 Å². The van der Waals surface area contributed by atoms with E-state index in [0.29, 0.717) is 6.42 Å². The Hall–Kier alpha value is -3.53. The number of fused-ring (bicyclic) bond motifs is 2. The molecule has 1 aliphatic heterocycles. The summed E-state index contributed by atoms with van der Waals surface area (Å²) < 4.78 is 0. The van der Waals surface area contributed by atoms with Gasteiger partial charge in [-0.25, -0.2) is 4.79 Å². The third-order valence-electron chi connectivity index (χ3n) is 5.73. The van der Waals surface area contributed by atoms with Gasteiger partial charge in [0.1, 0.15) is 5.54 Å². The first-order chi connectivity index (χ1) is 15.0. The highest BCUT2D eigenvalue weighted by Gasteiger charge is 2.54. The molecule has 4 N–H and O–H groups in total. The van der Waals surface area contributed by atoms with Crippen molar-refractivity contribution in [3.63, 3.8) is 0 Å². The van der Waals surface area contributed by atoms with Crippen LogP contribution in [0.5, 0.6) is 0 Å². The lowest BCUT2D eigenvalue weighted by atomic mass is 9.80. The molecule has 0 radical (unpaired) electrons. The van der Waals surface area contributed by atoms with Gasteiger partial charge in [-0.2, -0.15) is 15.0 Å². The molecule has 2 aliphatic rings. The van der Waals surface area contributed by atoms with Crippen LogP contribution in [0.15, 0.2) is 35.7 Å². The summed E-state index contributed by atoms with van der Waals surface area (Å²) >= 11 is 1.62. The van der Waals surface area contributed by atoms with E-state index in [-0.39, 0.29) is 30.2 Å². The van der Waals surface area contributed by atoms with Gasteiger partial charge in [0.05, 0.1) is 6.54 Å². The molecule has 2 aromatic heterocycles. The minimum atomic E-state index is -0.995. The number of imide groups is 1. The lowest BCUT2D eigenvalue weighted by molar-refractivity contribution is -0.132. The molecule has 9 nitrogen and oxygen atoms in total. The van der Waals surface area contributed by atoms with Crippen molar-refractivity contribution in [1.29, 1.82) is 0 Å². The lowest BCUT2D eigenvalue weighted by Crippen LogP contribution is -2.46. The van der Waals surface area contributed by atoms with Gasteiger partial charge in [0, 0.05) is 16.1 Å². The van der Waals surface area contributed by atoms with E-state index in [1.54, 1.807) is 11.3 Å². The number of nitrogen functional groups attached to an aromatic ring is 1. The van der Waals surface area contributed by atoms with Crippen LogP contribution in [0.2, 0.25) is 0 Å². The number of thiophene rings is 1. The maximum atomic E-state index is 13.4. The Balaban J connectivity index is 1.42. The molecule has 0 unspecified atom stereocenters. The average Bonchev–Trinajstić information content (AvgIpc) is 3.30. The first-order valence-corrected chi connectivity index (χ1v) is 10.9. The minimum Gasteiger partial charge on any atom is -0.368 e. The van der Waals surface area contributed by atoms with Crippen LogP contribution in [-0.4, -0.2) is 31.8 Å². The Kier molecular flexibility index (Phi) is 4.58. The fourth-order valence-electron chi connectivity index (χ4n) is 4.22. The summed E-state index contributed by atoms with van der Waals surface area (Å²) in [6.07, 6.45) is 2.35. The van der Waals surface area contributed by atoms with Crippen LogP contribution in [0.3, 0.4) is 0 Å². The number of carbonyl (C=O) groups is 2. The normalized spacial score (nSPS) is 20.1. The number of nitrogens with two attached hydrogens (primary N) is 1. The van der Waals surface area contributed by atoms with E-state index in [1.807, 2.05) is 42.6 Å². The van der Waals surface area contributed by atoms with E-state index in [0.717, 1.165) is 34.5 Å². The summed E-state index contributed by atoms with van der Waals surface area (Å²) in [6, 6.07) is 9.19. The monoisotopic (exact) mass is 435 g/mol. The topological polar surface area (TPSA) is 126 Å². The van der Waals surface area contributed by atoms with Crippen LogP contribution in [0.25, 0.3) is 0 Å². The van der Waals surface area contributed by atoms with Crippen molar-refractivity contribution < 1.29 is 9.59 Å². The Morgan fingerprint density at radius 2 is 2.06 bits per heavy atom. The number of hydrogen-bond acceptors (Lipinski definition) is 8. The third-order valence-corrected chi connectivity index (χ3v) is 6.71. The zero-order valence-electron chi connectivity index (χ0n) is 16.9. The van der Waals surface area contributed by atoms with Crippen LogP contribution >= 0.6 is 11.3 Å². The number of hydrogen-bond donors (Lipinski definition) is 3. The second-order valence-corrected chi connectivity index (χ2v) is 8.71. The highest BCUT2D eigenvalue weighted by molar-refractivity contribution is 7.10. The second-order valence-electron chi connectivity index (χ2n) is 7.71. The number of nitrogens with zero attached hydrogens (tertiary/aromatic N) is 4. The van der Waals surface area contributed by atoms with Gasteiger partial charge in [0.25, 0.3) is 5.91 Å².